The van der Waals surface area contributed by atoms with Crippen molar-refractivity contribution in [2.24, 2.45) is 0 Å². The lowest BCUT2D eigenvalue weighted by atomic mass is 9.90. The monoisotopic (exact) mass is 460 g/mol. The molecule has 0 N–H and O–H groups in total. The molecule has 0 bridgehead atoms. The number of aromatic nitrogens is 2. The minimum Gasteiger partial charge on any atom is -0.299 e. The second kappa shape index (κ2) is 7.84. The number of imidazole rings is 1. The number of rotatable bonds is 4. The Hall–Kier alpha value is -2.92. The van der Waals surface area contributed by atoms with Crippen LogP contribution in [-0.2, 0) is 4.75 Å². The van der Waals surface area contributed by atoms with E-state index in [9.17, 15) is 8.28 Å². The van der Waals surface area contributed by atoms with Crippen molar-refractivity contribution in [2.45, 2.75) is 45.8 Å². The van der Waals surface area contributed by atoms with Crippen LogP contribution in [0.3, 0.4) is 0 Å². The number of halogens is 2. The van der Waals surface area contributed by atoms with Gasteiger partial charge in [0.15, 0.2) is 0 Å². The molecule has 0 aliphatic heterocycles. The lowest BCUT2D eigenvalue weighted by molar-refractivity contribution is 0.625. The van der Waals surface area contributed by atoms with Gasteiger partial charge in [0.05, 0.1) is 28.1 Å². The van der Waals surface area contributed by atoms with Crippen LogP contribution in [0.4, 0.5) is 8.28 Å². The zero-order valence-electron chi connectivity index (χ0n) is 19.5. The number of nitrogens with zero attached hydrogens (tertiary/aromatic N) is 2. The van der Waals surface area contributed by atoms with E-state index in [-0.39, 0.29) is 5.82 Å². The van der Waals surface area contributed by atoms with Crippen molar-refractivity contribution >= 4 is 39.5 Å². The zero-order valence-corrected chi connectivity index (χ0v) is 20.3. The molecule has 2 heterocycles. The van der Waals surface area contributed by atoms with E-state index in [4.69, 9.17) is 4.98 Å². The molecule has 2 nitrogen and oxygen atoms in total. The third-order valence-corrected chi connectivity index (χ3v) is 7.71. The predicted molar refractivity (Wildman–Crippen MR) is 136 cm³/mol. The van der Waals surface area contributed by atoms with Gasteiger partial charge in [-0.2, -0.15) is 3.89 Å². The highest BCUT2D eigenvalue weighted by Crippen LogP contribution is 2.45. The van der Waals surface area contributed by atoms with Gasteiger partial charge in [0.25, 0.3) is 0 Å². The Labute approximate surface area is 196 Å². The summed E-state index contributed by atoms with van der Waals surface area (Å²) in [6.07, 6.45) is 2.69. The standard InChI is InChI=1S/C28H26F2N2S/c1-6-28(5,33-30)23-9-7-8-21-22-14-19(25-16(2)12-20(29)13-17(25)3)10-11-24(22)32-15-18(4)31-27(32)26(21)23/h7-15H,6H2,1-5H3. The highest BCUT2D eigenvalue weighted by Gasteiger charge is 2.30. The third kappa shape index (κ3) is 3.33. The van der Waals surface area contributed by atoms with Gasteiger partial charge >= 0.3 is 0 Å². The van der Waals surface area contributed by atoms with Crippen LogP contribution in [0.2, 0.25) is 0 Å². The van der Waals surface area contributed by atoms with E-state index in [0.29, 0.717) is 18.6 Å². The SMILES string of the molecule is CCC(C)(SF)c1cccc2c3cc(-c4c(C)cc(F)cc4C)ccc3n3cc(C)nc3c12. The molecule has 1 unspecified atom stereocenters. The molecule has 0 radical (unpaired) electrons. The Morgan fingerprint density at radius 3 is 2.39 bits per heavy atom. The van der Waals surface area contributed by atoms with Gasteiger partial charge in [0.1, 0.15) is 11.5 Å². The summed E-state index contributed by atoms with van der Waals surface area (Å²) in [5, 5.41) is 3.10. The predicted octanol–water partition coefficient (Wildman–Crippen LogP) is 8.61. The fraction of sp³-hybridized carbons (Fsp3) is 0.250. The molecule has 5 heteroatoms. The molecule has 33 heavy (non-hydrogen) atoms. The molecule has 168 valence electrons. The van der Waals surface area contributed by atoms with Crippen molar-refractivity contribution in [3.63, 3.8) is 0 Å². The topological polar surface area (TPSA) is 17.3 Å². The Balaban J connectivity index is 1.94. The quantitative estimate of drug-likeness (QED) is 0.250. The van der Waals surface area contributed by atoms with Crippen LogP contribution in [0.1, 0.15) is 42.7 Å². The molecule has 0 aliphatic rings. The summed E-state index contributed by atoms with van der Waals surface area (Å²) >= 11 is 0.394. The normalized spacial score (nSPS) is 13.8. The van der Waals surface area contributed by atoms with E-state index in [1.165, 1.54) is 0 Å². The summed E-state index contributed by atoms with van der Waals surface area (Å²) in [7, 11) is 0. The van der Waals surface area contributed by atoms with Crippen molar-refractivity contribution in [3.05, 3.63) is 82.9 Å². The first kappa shape index (κ1) is 21.9. The molecular formula is C28H26F2N2S. The summed E-state index contributed by atoms with van der Waals surface area (Å²) < 4.78 is 29.6. The number of fused-ring (bicyclic) bond motifs is 6. The maximum atomic E-state index is 14.2. The molecule has 0 aliphatic carbocycles. The second-order valence-corrected chi connectivity index (χ2v) is 10.2. The first-order valence-electron chi connectivity index (χ1n) is 11.2. The van der Waals surface area contributed by atoms with Crippen molar-refractivity contribution in [3.8, 4) is 11.1 Å². The van der Waals surface area contributed by atoms with Gasteiger partial charge in [-0.05, 0) is 91.6 Å². The molecule has 2 aromatic heterocycles. The Morgan fingerprint density at radius 1 is 1.00 bits per heavy atom. The van der Waals surface area contributed by atoms with Gasteiger partial charge in [-0.15, -0.1) is 0 Å². The summed E-state index contributed by atoms with van der Waals surface area (Å²) in [5.41, 5.74) is 7.66. The molecule has 0 fully saturated rings. The van der Waals surface area contributed by atoms with Gasteiger partial charge < -0.3 is 0 Å². The molecule has 0 amide bonds. The first-order valence-corrected chi connectivity index (χ1v) is 11.9. The second-order valence-electron chi connectivity index (χ2n) is 9.11. The fourth-order valence-corrected chi connectivity index (χ4v) is 5.45. The van der Waals surface area contributed by atoms with Crippen LogP contribution in [0.15, 0.2) is 54.7 Å². The molecule has 1 atom stereocenters. The average Bonchev–Trinajstić information content (AvgIpc) is 3.19. The number of hydrogen-bond donors (Lipinski definition) is 0. The van der Waals surface area contributed by atoms with Crippen LogP contribution in [0.5, 0.6) is 0 Å². The van der Waals surface area contributed by atoms with Gasteiger partial charge in [-0.25, -0.2) is 9.37 Å². The third-order valence-electron chi connectivity index (χ3n) is 6.86. The molecular weight excluding hydrogens is 434 g/mol. The summed E-state index contributed by atoms with van der Waals surface area (Å²) in [6.45, 7) is 9.83. The minimum atomic E-state index is -0.671. The van der Waals surface area contributed by atoms with Gasteiger partial charge in [-0.1, -0.05) is 31.2 Å². The van der Waals surface area contributed by atoms with Crippen molar-refractivity contribution in [1.29, 1.82) is 0 Å². The van der Waals surface area contributed by atoms with Crippen molar-refractivity contribution in [1.82, 2.24) is 9.38 Å². The largest absolute Gasteiger partial charge is 0.299 e. The molecule has 0 spiro atoms. The van der Waals surface area contributed by atoms with Crippen molar-refractivity contribution in [2.75, 3.05) is 0 Å². The van der Waals surface area contributed by atoms with E-state index in [1.807, 2.05) is 52.9 Å². The van der Waals surface area contributed by atoms with E-state index in [1.54, 1.807) is 12.1 Å². The van der Waals surface area contributed by atoms with Crippen molar-refractivity contribution < 1.29 is 8.28 Å². The Kier molecular flexibility index (Phi) is 5.20. The molecule has 3 aromatic carbocycles. The van der Waals surface area contributed by atoms with Gasteiger partial charge in [0.2, 0.25) is 0 Å². The first-order chi connectivity index (χ1) is 15.8. The lowest BCUT2D eigenvalue weighted by Crippen LogP contribution is -2.15. The van der Waals surface area contributed by atoms with E-state index < -0.39 is 4.75 Å². The summed E-state index contributed by atoms with van der Waals surface area (Å²) in [4.78, 5) is 4.84. The Bertz CT molecular complexity index is 1520. The lowest BCUT2D eigenvalue weighted by Gasteiger charge is -2.26. The smallest absolute Gasteiger partial charge is 0.145 e. The number of aryl methyl sites for hydroxylation is 3. The van der Waals surface area contributed by atoms with Crippen LogP contribution >= 0.6 is 12.1 Å². The van der Waals surface area contributed by atoms with E-state index in [2.05, 4.69) is 28.7 Å². The summed E-state index contributed by atoms with van der Waals surface area (Å²) in [6, 6.07) is 15.7. The highest BCUT2D eigenvalue weighted by molar-refractivity contribution is 7.95. The maximum Gasteiger partial charge on any atom is 0.145 e. The average molecular weight is 461 g/mol. The molecule has 0 saturated heterocycles. The summed E-state index contributed by atoms with van der Waals surface area (Å²) in [5.74, 6) is -0.220. The zero-order chi connectivity index (χ0) is 23.5. The minimum absolute atomic E-state index is 0.220. The van der Waals surface area contributed by atoms with Crippen LogP contribution in [0.25, 0.3) is 38.4 Å². The number of hydrogen-bond acceptors (Lipinski definition) is 2. The highest BCUT2D eigenvalue weighted by atomic mass is 32.2. The van der Waals surface area contributed by atoms with E-state index >= 15 is 0 Å². The van der Waals surface area contributed by atoms with Gasteiger partial charge in [-0.3, -0.25) is 4.40 Å². The molecule has 0 saturated carbocycles. The number of pyridine rings is 1. The van der Waals surface area contributed by atoms with Crippen LogP contribution < -0.4 is 0 Å². The number of benzene rings is 3. The van der Waals surface area contributed by atoms with E-state index in [0.717, 1.165) is 60.8 Å². The maximum absolute atomic E-state index is 14.2. The molecule has 5 aromatic rings. The molecule has 5 rings (SSSR count). The van der Waals surface area contributed by atoms with Gasteiger partial charge in [0, 0.05) is 17.0 Å². The van der Waals surface area contributed by atoms with Crippen LogP contribution in [-0.4, -0.2) is 9.38 Å². The Morgan fingerprint density at radius 2 is 1.73 bits per heavy atom. The fourth-order valence-electron chi connectivity index (χ4n) is 5.09. The van der Waals surface area contributed by atoms with Crippen LogP contribution in [0, 0.1) is 26.6 Å².